The predicted molar refractivity (Wildman–Crippen MR) is 102 cm³/mol. The van der Waals surface area contributed by atoms with Crippen molar-refractivity contribution in [2.24, 2.45) is 0 Å². The fraction of sp³-hybridized carbons (Fsp3) is 0.409. The maximum absolute atomic E-state index is 13.4. The number of piperidine rings is 1. The molecule has 2 saturated heterocycles. The number of nitrogens with one attached hydrogen (secondary N) is 1. The summed E-state index contributed by atoms with van der Waals surface area (Å²) in [6.45, 7) is 1.10. The molecule has 5 nitrogen and oxygen atoms in total. The lowest BCUT2D eigenvalue weighted by Crippen LogP contribution is -2.50. The SMILES string of the molecule is O=C(NC1CC2CCC(C1)N2Cc1ccc2c(c1)OCO2)c1cc(F)cc(F)c1. The third-order valence-electron chi connectivity index (χ3n) is 6.15. The maximum atomic E-state index is 13.4. The minimum atomic E-state index is -0.742. The Kier molecular flexibility index (Phi) is 4.62. The second-order valence-corrected chi connectivity index (χ2v) is 8.04. The van der Waals surface area contributed by atoms with E-state index in [4.69, 9.17) is 9.47 Å². The number of carbonyl (C=O) groups excluding carboxylic acids is 1. The standard InChI is InChI=1S/C22H22F2N2O3/c23-15-6-14(7-16(24)8-15)22(27)25-17-9-18-2-3-19(10-17)26(18)11-13-1-4-20-21(5-13)29-12-28-20/h1,4-8,17-19H,2-3,9-12H2,(H,25,27). The van der Waals surface area contributed by atoms with Crippen molar-refractivity contribution in [1.82, 2.24) is 10.2 Å². The van der Waals surface area contributed by atoms with E-state index in [-0.39, 0.29) is 18.4 Å². The molecule has 2 aromatic carbocycles. The number of fused-ring (bicyclic) bond motifs is 3. The fourth-order valence-corrected chi connectivity index (χ4v) is 4.85. The van der Waals surface area contributed by atoms with Gasteiger partial charge in [-0.3, -0.25) is 9.69 Å². The molecule has 0 radical (unpaired) electrons. The van der Waals surface area contributed by atoms with Crippen LogP contribution in [0, 0.1) is 11.6 Å². The Balaban J connectivity index is 1.23. The highest BCUT2D eigenvalue weighted by molar-refractivity contribution is 5.94. The van der Waals surface area contributed by atoms with Gasteiger partial charge in [0.1, 0.15) is 11.6 Å². The molecule has 0 spiro atoms. The number of benzene rings is 2. The molecule has 3 heterocycles. The van der Waals surface area contributed by atoms with E-state index < -0.39 is 17.5 Å². The summed E-state index contributed by atoms with van der Waals surface area (Å²) in [5.74, 6) is -0.328. The van der Waals surface area contributed by atoms with Gasteiger partial charge in [-0.15, -0.1) is 0 Å². The summed E-state index contributed by atoms with van der Waals surface area (Å²) in [7, 11) is 0. The average molecular weight is 400 g/mol. The van der Waals surface area contributed by atoms with Gasteiger partial charge in [-0.05, 0) is 55.5 Å². The van der Waals surface area contributed by atoms with Crippen LogP contribution in [0.4, 0.5) is 8.78 Å². The predicted octanol–water partition coefficient (Wildman–Crippen LogP) is 3.62. The van der Waals surface area contributed by atoms with Gasteiger partial charge in [-0.25, -0.2) is 8.78 Å². The van der Waals surface area contributed by atoms with Crippen LogP contribution in [0.2, 0.25) is 0 Å². The summed E-state index contributed by atoms with van der Waals surface area (Å²) < 4.78 is 37.7. The van der Waals surface area contributed by atoms with Gasteiger partial charge < -0.3 is 14.8 Å². The number of amides is 1. The van der Waals surface area contributed by atoms with E-state index in [1.54, 1.807) is 0 Å². The molecule has 152 valence electrons. The number of ether oxygens (including phenoxy) is 2. The molecule has 7 heteroatoms. The Hall–Kier alpha value is -2.67. The van der Waals surface area contributed by atoms with Gasteiger partial charge in [0.15, 0.2) is 11.5 Å². The van der Waals surface area contributed by atoms with Crippen molar-refractivity contribution >= 4 is 5.91 Å². The molecule has 5 rings (SSSR count). The molecule has 1 amide bonds. The Morgan fingerprint density at radius 3 is 2.41 bits per heavy atom. The van der Waals surface area contributed by atoms with Gasteiger partial charge in [-0.1, -0.05) is 6.07 Å². The summed E-state index contributed by atoms with van der Waals surface area (Å²) in [6.07, 6.45) is 3.86. The molecular formula is C22H22F2N2O3. The highest BCUT2D eigenvalue weighted by Crippen LogP contribution is 2.38. The first-order valence-corrected chi connectivity index (χ1v) is 9.96. The lowest BCUT2D eigenvalue weighted by Gasteiger charge is -2.39. The molecule has 2 aromatic rings. The minimum absolute atomic E-state index is 0.0133. The Morgan fingerprint density at radius 1 is 1.00 bits per heavy atom. The van der Waals surface area contributed by atoms with Crippen LogP contribution < -0.4 is 14.8 Å². The number of hydrogen-bond donors (Lipinski definition) is 1. The first kappa shape index (κ1) is 18.4. The van der Waals surface area contributed by atoms with Crippen LogP contribution in [0.3, 0.4) is 0 Å². The zero-order chi connectivity index (χ0) is 20.0. The number of carbonyl (C=O) groups is 1. The van der Waals surface area contributed by atoms with E-state index >= 15 is 0 Å². The van der Waals surface area contributed by atoms with Gasteiger partial charge in [0.05, 0.1) is 0 Å². The van der Waals surface area contributed by atoms with E-state index in [0.717, 1.165) is 61.9 Å². The zero-order valence-electron chi connectivity index (χ0n) is 15.9. The second kappa shape index (κ2) is 7.30. The van der Waals surface area contributed by atoms with Crippen LogP contribution in [0.15, 0.2) is 36.4 Å². The quantitative estimate of drug-likeness (QED) is 0.852. The first-order chi connectivity index (χ1) is 14.0. The van der Waals surface area contributed by atoms with E-state index in [1.165, 1.54) is 5.56 Å². The minimum Gasteiger partial charge on any atom is -0.454 e. The Labute approximate surface area is 167 Å². The molecule has 3 aliphatic heterocycles. The number of halogens is 2. The summed E-state index contributed by atoms with van der Waals surface area (Å²) in [6, 6.07) is 9.75. The Morgan fingerprint density at radius 2 is 1.69 bits per heavy atom. The second-order valence-electron chi connectivity index (χ2n) is 8.04. The number of hydrogen-bond acceptors (Lipinski definition) is 4. The lowest BCUT2D eigenvalue weighted by atomic mass is 9.96. The van der Waals surface area contributed by atoms with E-state index in [2.05, 4.69) is 16.3 Å². The number of rotatable bonds is 4. The summed E-state index contributed by atoms with van der Waals surface area (Å²) in [4.78, 5) is 15.0. The molecule has 2 fully saturated rings. The zero-order valence-corrected chi connectivity index (χ0v) is 15.9. The van der Waals surface area contributed by atoms with Crippen molar-refractivity contribution in [3.05, 3.63) is 59.2 Å². The smallest absolute Gasteiger partial charge is 0.251 e. The summed E-state index contributed by atoms with van der Waals surface area (Å²) >= 11 is 0. The van der Waals surface area contributed by atoms with Crippen molar-refractivity contribution < 1.29 is 23.0 Å². The third-order valence-corrected chi connectivity index (χ3v) is 6.15. The molecule has 2 unspecified atom stereocenters. The number of nitrogens with zero attached hydrogens (tertiary/aromatic N) is 1. The van der Waals surface area contributed by atoms with E-state index in [0.29, 0.717) is 12.1 Å². The highest BCUT2D eigenvalue weighted by atomic mass is 19.1. The maximum Gasteiger partial charge on any atom is 0.251 e. The van der Waals surface area contributed by atoms with Gasteiger partial charge in [0.25, 0.3) is 5.91 Å². The van der Waals surface area contributed by atoms with Crippen LogP contribution in [0.1, 0.15) is 41.6 Å². The molecule has 2 bridgehead atoms. The molecule has 1 N–H and O–H groups in total. The molecule has 0 saturated carbocycles. The van der Waals surface area contributed by atoms with Crippen molar-refractivity contribution in [3.8, 4) is 11.5 Å². The van der Waals surface area contributed by atoms with E-state index in [9.17, 15) is 13.6 Å². The van der Waals surface area contributed by atoms with Crippen LogP contribution in [-0.4, -0.2) is 35.7 Å². The van der Waals surface area contributed by atoms with Crippen LogP contribution in [0.25, 0.3) is 0 Å². The van der Waals surface area contributed by atoms with Crippen molar-refractivity contribution in [2.75, 3.05) is 6.79 Å². The largest absolute Gasteiger partial charge is 0.454 e. The molecule has 2 atom stereocenters. The molecule has 0 aromatic heterocycles. The third kappa shape index (κ3) is 3.67. The van der Waals surface area contributed by atoms with Gasteiger partial charge in [-0.2, -0.15) is 0 Å². The molecule has 3 aliphatic rings. The molecule has 0 aliphatic carbocycles. The molecule has 29 heavy (non-hydrogen) atoms. The average Bonchev–Trinajstić information content (AvgIpc) is 3.22. The van der Waals surface area contributed by atoms with Crippen molar-refractivity contribution in [1.29, 1.82) is 0 Å². The fourth-order valence-electron chi connectivity index (χ4n) is 4.85. The monoisotopic (exact) mass is 400 g/mol. The van der Waals surface area contributed by atoms with Crippen LogP contribution in [0.5, 0.6) is 11.5 Å². The lowest BCUT2D eigenvalue weighted by molar-refractivity contribution is 0.0826. The summed E-state index contributed by atoms with van der Waals surface area (Å²) in [5, 5.41) is 2.97. The van der Waals surface area contributed by atoms with Crippen LogP contribution in [-0.2, 0) is 6.54 Å². The van der Waals surface area contributed by atoms with E-state index in [1.807, 2.05) is 12.1 Å². The highest BCUT2D eigenvalue weighted by Gasteiger charge is 2.41. The van der Waals surface area contributed by atoms with Gasteiger partial charge >= 0.3 is 0 Å². The van der Waals surface area contributed by atoms with Gasteiger partial charge in [0, 0.05) is 36.3 Å². The first-order valence-electron chi connectivity index (χ1n) is 9.96. The van der Waals surface area contributed by atoms with Crippen LogP contribution >= 0.6 is 0 Å². The van der Waals surface area contributed by atoms with Gasteiger partial charge in [0.2, 0.25) is 6.79 Å². The summed E-state index contributed by atoms with van der Waals surface area (Å²) in [5.41, 5.74) is 1.21. The molecular weight excluding hydrogens is 378 g/mol. The van der Waals surface area contributed by atoms with Crippen molar-refractivity contribution in [3.63, 3.8) is 0 Å². The Bertz CT molecular complexity index is 917. The topological polar surface area (TPSA) is 50.8 Å². The normalized spacial score (nSPS) is 25.2. The van der Waals surface area contributed by atoms with Crippen molar-refractivity contribution in [2.45, 2.75) is 50.4 Å².